The monoisotopic (exact) mass is 427 g/mol. The molecule has 0 aromatic heterocycles. The zero-order valence-electron chi connectivity index (χ0n) is 17.8. The fourth-order valence-corrected chi connectivity index (χ4v) is 4.48. The molecular formula is C23H29N3O3S. The molecule has 0 N–H and O–H groups in total. The molecule has 1 saturated heterocycles. The highest BCUT2D eigenvalue weighted by atomic mass is 32.2. The van der Waals surface area contributed by atoms with Crippen LogP contribution < -0.4 is 0 Å². The van der Waals surface area contributed by atoms with Crippen molar-refractivity contribution in [1.29, 1.82) is 0 Å². The van der Waals surface area contributed by atoms with Crippen molar-refractivity contribution in [1.82, 2.24) is 4.90 Å². The number of non-ortho nitro benzene ring substituents is 1. The fraction of sp³-hybridized carbons (Fsp3) is 0.435. The number of nitrogens with zero attached hydrogens (tertiary/aromatic N) is 3. The third kappa shape index (κ3) is 6.39. The molecule has 30 heavy (non-hydrogen) atoms. The molecule has 1 heterocycles. The fourth-order valence-electron chi connectivity index (χ4n) is 3.44. The maximum Gasteiger partial charge on any atom is 0.271 e. The first-order chi connectivity index (χ1) is 14.4. The summed E-state index contributed by atoms with van der Waals surface area (Å²) in [7, 11) is 0. The van der Waals surface area contributed by atoms with Gasteiger partial charge >= 0.3 is 0 Å². The van der Waals surface area contributed by atoms with Crippen molar-refractivity contribution in [3.05, 3.63) is 64.2 Å². The van der Waals surface area contributed by atoms with E-state index in [1.807, 2.05) is 6.07 Å². The van der Waals surface area contributed by atoms with E-state index in [0.717, 1.165) is 29.4 Å². The molecule has 0 aliphatic carbocycles. The Labute approximate surface area is 182 Å². The van der Waals surface area contributed by atoms with Gasteiger partial charge in [0.2, 0.25) is 0 Å². The van der Waals surface area contributed by atoms with Gasteiger partial charge in [-0.1, -0.05) is 49.4 Å². The lowest BCUT2D eigenvalue weighted by molar-refractivity contribution is -0.384. The van der Waals surface area contributed by atoms with Gasteiger partial charge in [-0.25, -0.2) is 4.99 Å². The third-order valence-electron chi connectivity index (χ3n) is 4.99. The maximum absolute atomic E-state index is 11.2. The minimum atomic E-state index is -0.376. The van der Waals surface area contributed by atoms with Crippen molar-refractivity contribution < 1.29 is 9.66 Å². The van der Waals surface area contributed by atoms with E-state index in [4.69, 9.17) is 9.73 Å². The molecule has 7 heteroatoms. The second kappa shape index (κ2) is 10.7. The number of thioether (sulfide) groups is 1. The van der Waals surface area contributed by atoms with Crippen LogP contribution in [0.15, 0.2) is 58.4 Å². The van der Waals surface area contributed by atoms with Gasteiger partial charge in [0.25, 0.3) is 5.69 Å². The van der Waals surface area contributed by atoms with Crippen LogP contribution in [-0.4, -0.2) is 47.2 Å². The summed E-state index contributed by atoms with van der Waals surface area (Å²) in [5.74, 6) is 0.492. The molecule has 0 saturated carbocycles. The lowest BCUT2D eigenvalue weighted by Crippen LogP contribution is -2.47. The average molecular weight is 428 g/mol. The van der Waals surface area contributed by atoms with E-state index in [1.54, 1.807) is 23.9 Å². The topological polar surface area (TPSA) is 68.0 Å². The summed E-state index contributed by atoms with van der Waals surface area (Å²) >= 11 is 1.65. The SMILES string of the molecule is Cc1ccc(SC(=Nc2cccc([N+](=O)[O-])c2)C(CC(C)C)N2CCOCC2)cc1. The minimum Gasteiger partial charge on any atom is -0.379 e. The van der Waals surface area contributed by atoms with Crippen molar-refractivity contribution in [3.63, 3.8) is 0 Å². The number of hydrogen-bond donors (Lipinski definition) is 0. The quantitative estimate of drug-likeness (QED) is 0.193. The Morgan fingerprint density at radius 1 is 1.20 bits per heavy atom. The van der Waals surface area contributed by atoms with Crippen LogP contribution in [0.2, 0.25) is 0 Å². The van der Waals surface area contributed by atoms with Gasteiger partial charge in [0.1, 0.15) is 0 Å². The molecule has 0 bridgehead atoms. The number of ether oxygens (including phenoxy) is 1. The summed E-state index contributed by atoms with van der Waals surface area (Å²) < 4.78 is 5.56. The summed E-state index contributed by atoms with van der Waals surface area (Å²) in [5, 5.41) is 12.2. The zero-order valence-corrected chi connectivity index (χ0v) is 18.6. The number of hydrogen-bond acceptors (Lipinski definition) is 6. The van der Waals surface area contributed by atoms with E-state index in [0.29, 0.717) is 24.8 Å². The normalized spacial score (nSPS) is 16.6. The van der Waals surface area contributed by atoms with E-state index in [1.165, 1.54) is 11.6 Å². The van der Waals surface area contributed by atoms with Crippen LogP contribution in [0.25, 0.3) is 0 Å². The van der Waals surface area contributed by atoms with Crippen molar-refractivity contribution in [2.45, 2.75) is 38.1 Å². The Balaban J connectivity index is 2.00. The number of aliphatic imine (C=N–C) groups is 1. The van der Waals surface area contributed by atoms with Crippen molar-refractivity contribution in [3.8, 4) is 0 Å². The lowest BCUT2D eigenvalue weighted by atomic mass is 10.0. The molecule has 1 aliphatic heterocycles. The molecule has 1 aliphatic rings. The van der Waals surface area contributed by atoms with Gasteiger partial charge in [0.15, 0.2) is 0 Å². The van der Waals surface area contributed by atoms with Crippen molar-refractivity contribution in [2.75, 3.05) is 26.3 Å². The Hall–Kier alpha value is -2.22. The van der Waals surface area contributed by atoms with E-state index in [2.05, 4.69) is 49.9 Å². The number of benzene rings is 2. The van der Waals surface area contributed by atoms with Crippen LogP contribution in [0, 0.1) is 23.0 Å². The summed E-state index contributed by atoms with van der Waals surface area (Å²) in [5.41, 5.74) is 1.88. The predicted octanol–water partition coefficient (Wildman–Crippen LogP) is 5.47. The molecule has 2 aromatic carbocycles. The highest BCUT2D eigenvalue weighted by molar-refractivity contribution is 8.14. The summed E-state index contributed by atoms with van der Waals surface area (Å²) in [6, 6.07) is 15.1. The van der Waals surface area contributed by atoms with Crippen LogP contribution in [0.3, 0.4) is 0 Å². The Morgan fingerprint density at radius 3 is 2.53 bits per heavy atom. The molecule has 0 spiro atoms. The van der Waals surface area contributed by atoms with Gasteiger partial charge in [0, 0.05) is 30.1 Å². The Morgan fingerprint density at radius 2 is 1.90 bits per heavy atom. The smallest absolute Gasteiger partial charge is 0.271 e. The molecule has 160 valence electrons. The Bertz CT molecular complexity index is 878. The van der Waals surface area contributed by atoms with Gasteiger partial charge in [-0.15, -0.1) is 0 Å². The first kappa shape index (κ1) is 22.5. The summed E-state index contributed by atoms with van der Waals surface area (Å²) in [4.78, 5) is 19.3. The third-order valence-corrected chi connectivity index (χ3v) is 6.07. The van der Waals surface area contributed by atoms with Crippen LogP contribution in [0.5, 0.6) is 0 Å². The van der Waals surface area contributed by atoms with Crippen LogP contribution in [0.1, 0.15) is 25.8 Å². The van der Waals surface area contributed by atoms with E-state index in [9.17, 15) is 10.1 Å². The van der Waals surface area contributed by atoms with Crippen LogP contribution in [0.4, 0.5) is 11.4 Å². The van der Waals surface area contributed by atoms with Gasteiger partial charge < -0.3 is 4.74 Å². The lowest BCUT2D eigenvalue weighted by Gasteiger charge is -2.36. The molecule has 2 aromatic rings. The highest BCUT2D eigenvalue weighted by Gasteiger charge is 2.27. The van der Waals surface area contributed by atoms with Crippen molar-refractivity contribution in [2.24, 2.45) is 10.9 Å². The molecule has 6 nitrogen and oxygen atoms in total. The molecule has 1 unspecified atom stereocenters. The van der Waals surface area contributed by atoms with E-state index >= 15 is 0 Å². The molecule has 0 amide bonds. The largest absolute Gasteiger partial charge is 0.379 e. The second-order valence-electron chi connectivity index (χ2n) is 7.94. The Kier molecular flexibility index (Phi) is 8.01. The van der Waals surface area contributed by atoms with Gasteiger partial charge in [0.05, 0.1) is 34.9 Å². The molecular weight excluding hydrogens is 398 g/mol. The standard InChI is InChI=1S/C23H29N3O3S/c1-17(2)15-22(25-11-13-29-14-12-25)23(30-21-9-7-18(3)8-10-21)24-19-5-4-6-20(16-19)26(27)28/h4-10,16-17,22H,11-15H2,1-3H3. The average Bonchev–Trinajstić information content (AvgIpc) is 2.74. The predicted molar refractivity (Wildman–Crippen MR) is 123 cm³/mol. The first-order valence-electron chi connectivity index (χ1n) is 10.3. The molecule has 1 fully saturated rings. The number of rotatable bonds is 7. The van der Waals surface area contributed by atoms with Gasteiger partial charge in [-0.05, 0) is 37.5 Å². The van der Waals surface area contributed by atoms with E-state index < -0.39 is 0 Å². The minimum absolute atomic E-state index is 0.0581. The van der Waals surface area contributed by atoms with E-state index in [-0.39, 0.29) is 16.7 Å². The van der Waals surface area contributed by atoms with Crippen LogP contribution in [-0.2, 0) is 4.74 Å². The number of nitro groups is 1. The summed E-state index contributed by atoms with van der Waals surface area (Å²) in [6.07, 6.45) is 0.965. The number of morpholine rings is 1. The van der Waals surface area contributed by atoms with Crippen LogP contribution >= 0.6 is 11.8 Å². The highest BCUT2D eigenvalue weighted by Crippen LogP contribution is 2.30. The summed E-state index contributed by atoms with van der Waals surface area (Å²) in [6.45, 7) is 9.66. The van der Waals surface area contributed by atoms with Gasteiger partial charge in [-0.2, -0.15) is 0 Å². The molecule has 0 radical (unpaired) electrons. The zero-order chi connectivity index (χ0) is 21.5. The maximum atomic E-state index is 11.2. The number of aryl methyl sites for hydroxylation is 1. The number of nitro benzene ring substituents is 1. The van der Waals surface area contributed by atoms with Gasteiger partial charge in [-0.3, -0.25) is 15.0 Å². The second-order valence-corrected chi connectivity index (χ2v) is 9.03. The first-order valence-corrected chi connectivity index (χ1v) is 11.1. The molecule has 3 rings (SSSR count). The molecule has 1 atom stereocenters. The van der Waals surface area contributed by atoms with Crippen molar-refractivity contribution >= 4 is 28.2 Å².